The predicted molar refractivity (Wildman–Crippen MR) is 64.6 cm³/mol. The maximum atomic E-state index is 11.3. The van der Waals surface area contributed by atoms with Gasteiger partial charge in [0.05, 0.1) is 0 Å². The molecule has 3 heteroatoms. The zero-order chi connectivity index (χ0) is 12.3. The van der Waals surface area contributed by atoms with E-state index in [-0.39, 0.29) is 11.7 Å². The zero-order valence-electron chi connectivity index (χ0n) is 10.1. The lowest BCUT2D eigenvalue weighted by molar-refractivity contribution is -0.162. The standard InChI is InChI=1S/C14H18O3/c1-11(15)17-14(9-3-2-4-10-14)12-5-7-13(16)8-6-12/h5-8,16H,2-4,9-10H2,1H3. The molecular formula is C14H18O3. The maximum Gasteiger partial charge on any atom is 0.303 e. The summed E-state index contributed by atoms with van der Waals surface area (Å²) in [6.45, 7) is 1.46. The molecule has 0 unspecified atom stereocenters. The van der Waals surface area contributed by atoms with Crippen molar-refractivity contribution >= 4 is 5.97 Å². The SMILES string of the molecule is CC(=O)OC1(c2ccc(O)cc2)CCCCC1. The summed E-state index contributed by atoms with van der Waals surface area (Å²) in [5.41, 5.74) is 0.517. The van der Waals surface area contributed by atoms with Gasteiger partial charge < -0.3 is 9.84 Å². The number of phenols is 1. The second-order valence-corrected chi connectivity index (χ2v) is 4.70. The van der Waals surface area contributed by atoms with E-state index in [1.54, 1.807) is 12.1 Å². The van der Waals surface area contributed by atoms with Crippen LogP contribution in [-0.2, 0) is 15.1 Å². The first-order chi connectivity index (χ1) is 8.12. The van der Waals surface area contributed by atoms with Gasteiger partial charge in [-0.1, -0.05) is 18.6 Å². The average Bonchev–Trinajstić information content (AvgIpc) is 2.30. The number of hydrogen-bond donors (Lipinski definition) is 1. The van der Waals surface area contributed by atoms with Crippen molar-refractivity contribution in [2.45, 2.75) is 44.6 Å². The number of phenolic OH excluding ortho intramolecular Hbond substituents is 1. The first-order valence-electron chi connectivity index (χ1n) is 6.11. The summed E-state index contributed by atoms with van der Waals surface area (Å²) < 4.78 is 5.58. The minimum absolute atomic E-state index is 0.236. The molecule has 1 aliphatic rings. The Labute approximate surface area is 101 Å². The number of rotatable bonds is 2. The topological polar surface area (TPSA) is 46.5 Å². The van der Waals surface area contributed by atoms with Crippen LogP contribution in [-0.4, -0.2) is 11.1 Å². The van der Waals surface area contributed by atoms with E-state index in [0.29, 0.717) is 0 Å². The van der Waals surface area contributed by atoms with E-state index in [4.69, 9.17) is 4.74 Å². The van der Waals surface area contributed by atoms with Gasteiger partial charge >= 0.3 is 5.97 Å². The van der Waals surface area contributed by atoms with Crippen LogP contribution in [0.1, 0.15) is 44.6 Å². The third-order valence-corrected chi connectivity index (χ3v) is 3.39. The number of carbonyl (C=O) groups excluding carboxylic acids is 1. The van der Waals surface area contributed by atoms with Crippen molar-refractivity contribution in [3.8, 4) is 5.75 Å². The highest BCUT2D eigenvalue weighted by Crippen LogP contribution is 2.40. The van der Waals surface area contributed by atoms with Crippen LogP contribution in [0, 0.1) is 0 Å². The van der Waals surface area contributed by atoms with E-state index in [1.807, 2.05) is 12.1 Å². The minimum Gasteiger partial charge on any atom is -0.508 e. The minimum atomic E-state index is -0.474. The first-order valence-corrected chi connectivity index (χ1v) is 6.11. The molecule has 1 saturated carbocycles. The molecule has 1 fully saturated rings. The van der Waals surface area contributed by atoms with E-state index in [9.17, 15) is 9.90 Å². The Morgan fingerprint density at radius 2 is 1.76 bits per heavy atom. The molecule has 1 aliphatic carbocycles. The van der Waals surface area contributed by atoms with Crippen LogP contribution in [0.2, 0.25) is 0 Å². The number of esters is 1. The lowest BCUT2D eigenvalue weighted by Crippen LogP contribution is -2.34. The van der Waals surface area contributed by atoms with Gasteiger partial charge in [-0.3, -0.25) is 4.79 Å². The molecule has 0 amide bonds. The molecule has 1 aromatic rings. The van der Waals surface area contributed by atoms with E-state index >= 15 is 0 Å². The average molecular weight is 234 g/mol. The van der Waals surface area contributed by atoms with Gasteiger partial charge in [-0.05, 0) is 43.4 Å². The lowest BCUT2D eigenvalue weighted by Gasteiger charge is -2.37. The Hall–Kier alpha value is -1.51. The van der Waals surface area contributed by atoms with Gasteiger partial charge in [-0.25, -0.2) is 0 Å². The fourth-order valence-corrected chi connectivity index (χ4v) is 2.61. The molecular weight excluding hydrogens is 216 g/mol. The van der Waals surface area contributed by atoms with Crippen molar-refractivity contribution in [3.63, 3.8) is 0 Å². The van der Waals surface area contributed by atoms with Crippen molar-refractivity contribution in [1.29, 1.82) is 0 Å². The molecule has 17 heavy (non-hydrogen) atoms. The molecule has 0 aliphatic heterocycles. The molecule has 0 heterocycles. The van der Waals surface area contributed by atoms with Crippen molar-refractivity contribution < 1.29 is 14.6 Å². The third kappa shape index (κ3) is 2.60. The molecule has 0 radical (unpaired) electrons. The van der Waals surface area contributed by atoms with Crippen LogP contribution in [0.3, 0.4) is 0 Å². The van der Waals surface area contributed by atoms with Gasteiger partial charge in [0.25, 0.3) is 0 Å². The summed E-state index contributed by atoms with van der Waals surface area (Å²) in [6, 6.07) is 7.00. The van der Waals surface area contributed by atoms with E-state index in [2.05, 4.69) is 0 Å². The molecule has 0 bridgehead atoms. The van der Waals surface area contributed by atoms with Gasteiger partial charge in [0, 0.05) is 6.92 Å². The van der Waals surface area contributed by atoms with Crippen LogP contribution in [0.25, 0.3) is 0 Å². The van der Waals surface area contributed by atoms with Crippen molar-refractivity contribution in [2.75, 3.05) is 0 Å². The monoisotopic (exact) mass is 234 g/mol. The lowest BCUT2D eigenvalue weighted by atomic mass is 9.79. The quantitative estimate of drug-likeness (QED) is 0.800. The summed E-state index contributed by atoms with van der Waals surface area (Å²) in [6.07, 6.45) is 5.10. The highest BCUT2D eigenvalue weighted by atomic mass is 16.6. The molecule has 3 nitrogen and oxygen atoms in total. The molecule has 92 valence electrons. The largest absolute Gasteiger partial charge is 0.508 e. The van der Waals surface area contributed by atoms with Crippen molar-refractivity contribution in [1.82, 2.24) is 0 Å². The van der Waals surface area contributed by atoms with Crippen LogP contribution in [0.4, 0.5) is 0 Å². The molecule has 0 saturated heterocycles. The molecule has 0 atom stereocenters. The van der Waals surface area contributed by atoms with Gasteiger partial charge in [-0.2, -0.15) is 0 Å². The van der Waals surface area contributed by atoms with Crippen LogP contribution < -0.4 is 0 Å². The van der Waals surface area contributed by atoms with Gasteiger partial charge in [0.2, 0.25) is 0 Å². The Bertz CT molecular complexity index is 388. The smallest absolute Gasteiger partial charge is 0.303 e. The molecule has 1 N–H and O–H groups in total. The normalized spacial score (nSPS) is 18.6. The number of aromatic hydroxyl groups is 1. The molecule has 2 rings (SSSR count). The maximum absolute atomic E-state index is 11.3. The van der Waals surface area contributed by atoms with Gasteiger partial charge in [-0.15, -0.1) is 0 Å². The highest BCUT2D eigenvalue weighted by molar-refractivity contribution is 5.67. The van der Waals surface area contributed by atoms with E-state index < -0.39 is 5.60 Å². The Kier molecular flexibility index (Phi) is 3.36. The summed E-state index contributed by atoms with van der Waals surface area (Å²) in [5.74, 6) is 0.00232. The van der Waals surface area contributed by atoms with Gasteiger partial charge in [0.15, 0.2) is 0 Å². The fraction of sp³-hybridized carbons (Fsp3) is 0.500. The van der Waals surface area contributed by atoms with Crippen molar-refractivity contribution in [2.24, 2.45) is 0 Å². The molecule has 1 aromatic carbocycles. The second kappa shape index (κ2) is 4.78. The summed E-state index contributed by atoms with van der Waals surface area (Å²) in [5, 5.41) is 9.31. The number of ether oxygens (including phenoxy) is 1. The summed E-state index contributed by atoms with van der Waals surface area (Å²) in [4.78, 5) is 11.3. The van der Waals surface area contributed by atoms with Crippen LogP contribution >= 0.6 is 0 Å². The molecule has 0 spiro atoms. The van der Waals surface area contributed by atoms with Crippen LogP contribution in [0.15, 0.2) is 24.3 Å². The summed E-state index contributed by atoms with van der Waals surface area (Å²) >= 11 is 0. The Morgan fingerprint density at radius 1 is 1.18 bits per heavy atom. The Morgan fingerprint density at radius 3 is 2.29 bits per heavy atom. The third-order valence-electron chi connectivity index (χ3n) is 3.39. The highest BCUT2D eigenvalue weighted by Gasteiger charge is 2.36. The number of carbonyl (C=O) groups is 1. The number of benzene rings is 1. The number of hydrogen-bond acceptors (Lipinski definition) is 3. The van der Waals surface area contributed by atoms with Gasteiger partial charge in [0.1, 0.15) is 11.4 Å². The molecule has 0 aromatic heterocycles. The second-order valence-electron chi connectivity index (χ2n) is 4.70. The van der Waals surface area contributed by atoms with E-state index in [1.165, 1.54) is 13.3 Å². The Balaban J connectivity index is 2.31. The van der Waals surface area contributed by atoms with E-state index in [0.717, 1.165) is 31.2 Å². The zero-order valence-corrected chi connectivity index (χ0v) is 10.1. The summed E-state index contributed by atoms with van der Waals surface area (Å²) in [7, 11) is 0. The fourth-order valence-electron chi connectivity index (χ4n) is 2.61. The first kappa shape index (κ1) is 12.0. The van der Waals surface area contributed by atoms with Crippen molar-refractivity contribution in [3.05, 3.63) is 29.8 Å². The van der Waals surface area contributed by atoms with Crippen LogP contribution in [0.5, 0.6) is 5.75 Å². The predicted octanol–water partition coefficient (Wildman–Crippen LogP) is 3.11.